The van der Waals surface area contributed by atoms with Crippen molar-refractivity contribution < 1.29 is 4.39 Å². The summed E-state index contributed by atoms with van der Waals surface area (Å²) in [6.45, 7) is 8.18. The van der Waals surface area contributed by atoms with E-state index in [1.54, 1.807) is 6.20 Å². The minimum Gasteiger partial charge on any atom is -0.355 e. The van der Waals surface area contributed by atoms with Gasteiger partial charge in [-0.25, -0.2) is 9.37 Å². The lowest BCUT2D eigenvalue weighted by Crippen LogP contribution is -2.44. The van der Waals surface area contributed by atoms with Crippen LogP contribution >= 0.6 is 0 Å². The molecule has 1 fully saturated rings. The average Bonchev–Trinajstić information content (AvgIpc) is 2.86. The molecule has 3 rings (SSSR count). The molecule has 0 spiro atoms. The molecule has 0 radical (unpaired) electrons. The Balaban J connectivity index is 1.76. The number of nitrogens with zero attached hydrogens (tertiary/aromatic N) is 4. The van der Waals surface area contributed by atoms with Crippen molar-refractivity contribution in [3.8, 4) is 6.07 Å². The summed E-state index contributed by atoms with van der Waals surface area (Å²) in [6.07, 6.45) is 2.69. The maximum atomic E-state index is 13.2. The average molecular weight is 352 g/mol. The standard InChI is InChI=1S/C21H25FN4/c1-16(2)20-15-26(21-9-6-18(12-23)13-24-21)11-3-10-25(20)14-17-4-7-19(22)8-5-17/h4-9,13,16,20H,3,10-11,14-15H2,1-2H3. The van der Waals surface area contributed by atoms with Crippen LogP contribution in [0.1, 0.15) is 31.4 Å². The molecule has 2 heterocycles. The van der Waals surface area contributed by atoms with Gasteiger partial charge in [-0.15, -0.1) is 0 Å². The molecule has 26 heavy (non-hydrogen) atoms. The van der Waals surface area contributed by atoms with Gasteiger partial charge < -0.3 is 4.90 Å². The quantitative estimate of drug-likeness (QED) is 0.839. The smallest absolute Gasteiger partial charge is 0.128 e. The summed E-state index contributed by atoms with van der Waals surface area (Å²) in [7, 11) is 0. The molecule has 0 amide bonds. The molecule has 0 saturated carbocycles. The van der Waals surface area contributed by atoms with E-state index in [9.17, 15) is 4.39 Å². The third kappa shape index (κ3) is 4.39. The number of hydrogen-bond donors (Lipinski definition) is 0. The number of anilines is 1. The van der Waals surface area contributed by atoms with Gasteiger partial charge in [0.25, 0.3) is 0 Å². The third-order valence-electron chi connectivity index (χ3n) is 5.02. The van der Waals surface area contributed by atoms with Crippen LogP contribution in [0.3, 0.4) is 0 Å². The number of nitriles is 1. The predicted octanol–water partition coefficient (Wildman–Crippen LogP) is 3.83. The van der Waals surface area contributed by atoms with E-state index in [2.05, 4.69) is 34.7 Å². The highest BCUT2D eigenvalue weighted by Crippen LogP contribution is 2.23. The highest BCUT2D eigenvalue weighted by molar-refractivity contribution is 5.42. The summed E-state index contributed by atoms with van der Waals surface area (Å²) in [4.78, 5) is 9.29. The van der Waals surface area contributed by atoms with Crippen LogP contribution in [-0.4, -0.2) is 35.6 Å². The van der Waals surface area contributed by atoms with Gasteiger partial charge in [0, 0.05) is 38.4 Å². The Morgan fingerprint density at radius 1 is 1.19 bits per heavy atom. The van der Waals surface area contributed by atoms with Crippen molar-refractivity contribution in [3.05, 3.63) is 59.5 Å². The van der Waals surface area contributed by atoms with E-state index in [-0.39, 0.29) is 5.82 Å². The van der Waals surface area contributed by atoms with E-state index in [0.717, 1.165) is 44.0 Å². The van der Waals surface area contributed by atoms with E-state index in [1.165, 1.54) is 12.1 Å². The first-order valence-corrected chi connectivity index (χ1v) is 9.16. The summed E-state index contributed by atoms with van der Waals surface area (Å²) in [5.74, 6) is 1.23. The summed E-state index contributed by atoms with van der Waals surface area (Å²) in [5.41, 5.74) is 1.73. The highest BCUT2D eigenvalue weighted by Gasteiger charge is 2.28. The van der Waals surface area contributed by atoms with E-state index in [4.69, 9.17) is 5.26 Å². The molecule has 4 nitrogen and oxygen atoms in total. The normalized spacial score (nSPS) is 18.6. The summed E-state index contributed by atoms with van der Waals surface area (Å²) in [5, 5.41) is 8.96. The largest absolute Gasteiger partial charge is 0.355 e. The van der Waals surface area contributed by atoms with Gasteiger partial charge >= 0.3 is 0 Å². The van der Waals surface area contributed by atoms with Gasteiger partial charge in [-0.05, 0) is 42.2 Å². The van der Waals surface area contributed by atoms with E-state index in [1.807, 2.05) is 24.3 Å². The van der Waals surface area contributed by atoms with Crippen LogP contribution in [0.15, 0.2) is 42.6 Å². The molecule has 1 aliphatic rings. The number of halogens is 1. The maximum absolute atomic E-state index is 13.2. The number of rotatable bonds is 4. The van der Waals surface area contributed by atoms with Gasteiger partial charge in [0.05, 0.1) is 5.56 Å². The lowest BCUT2D eigenvalue weighted by atomic mass is 10.0. The molecule has 1 saturated heterocycles. The second-order valence-corrected chi connectivity index (χ2v) is 7.22. The van der Waals surface area contributed by atoms with Gasteiger partial charge in [0.15, 0.2) is 0 Å². The Kier molecular flexibility index (Phi) is 5.85. The van der Waals surface area contributed by atoms with Crippen molar-refractivity contribution in [1.82, 2.24) is 9.88 Å². The van der Waals surface area contributed by atoms with Crippen LogP contribution in [-0.2, 0) is 6.54 Å². The Labute approximate surface area is 154 Å². The fourth-order valence-corrected chi connectivity index (χ4v) is 3.56. The zero-order valence-electron chi connectivity index (χ0n) is 15.4. The van der Waals surface area contributed by atoms with Gasteiger partial charge in [0.2, 0.25) is 0 Å². The van der Waals surface area contributed by atoms with Crippen molar-refractivity contribution in [2.75, 3.05) is 24.5 Å². The van der Waals surface area contributed by atoms with Crippen molar-refractivity contribution in [3.63, 3.8) is 0 Å². The fourth-order valence-electron chi connectivity index (χ4n) is 3.56. The molecule has 1 aromatic heterocycles. The molecule has 1 aromatic carbocycles. The Hall–Kier alpha value is -2.45. The molecule has 5 heteroatoms. The molecule has 0 aliphatic carbocycles. The zero-order valence-corrected chi connectivity index (χ0v) is 15.4. The van der Waals surface area contributed by atoms with Gasteiger partial charge in [-0.3, -0.25) is 4.90 Å². The number of aromatic nitrogens is 1. The minimum atomic E-state index is -0.192. The topological polar surface area (TPSA) is 43.2 Å². The monoisotopic (exact) mass is 352 g/mol. The molecule has 2 aromatic rings. The molecule has 136 valence electrons. The minimum absolute atomic E-state index is 0.192. The van der Waals surface area contributed by atoms with Gasteiger partial charge in [0.1, 0.15) is 17.7 Å². The second kappa shape index (κ2) is 8.29. The lowest BCUT2D eigenvalue weighted by Gasteiger charge is -2.35. The molecule has 1 atom stereocenters. The maximum Gasteiger partial charge on any atom is 0.128 e. The van der Waals surface area contributed by atoms with E-state index >= 15 is 0 Å². The molecular formula is C21H25FN4. The SMILES string of the molecule is CC(C)C1CN(c2ccc(C#N)cn2)CCCN1Cc1ccc(F)cc1. The van der Waals surface area contributed by atoms with Gasteiger partial charge in [-0.1, -0.05) is 26.0 Å². The predicted molar refractivity (Wildman–Crippen MR) is 101 cm³/mol. The van der Waals surface area contributed by atoms with Crippen molar-refractivity contribution in [1.29, 1.82) is 5.26 Å². The zero-order chi connectivity index (χ0) is 18.5. The molecule has 1 unspecified atom stereocenters. The van der Waals surface area contributed by atoms with Crippen LogP contribution in [0.4, 0.5) is 10.2 Å². The van der Waals surface area contributed by atoms with Crippen molar-refractivity contribution >= 4 is 5.82 Å². The van der Waals surface area contributed by atoms with Crippen molar-refractivity contribution in [2.45, 2.75) is 32.9 Å². The van der Waals surface area contributed by atoms with Crippen LogP contribution in [0.5, 0.6) is 0 Å². The lowest BCUT2D eigenvalue weighted by molar-refractivity contribution is 0.161. The fraction of sp³-hybridized carbons (Fsp3) is 0.429. The van der Waals surface area contributed by atoms with Gasteiger partial charge in [-0.2, -0.15) is 5.26 Å². The number of pyridine rings is 1. The Morgan fingerprint density at radius 3 is 2.58 bits per heavy atom. The number of benzene rings is 1. The van der Waals surface area contributed by atoms with Crippen LogP contribution in [0, 0.1) is 23.1 Å². The van der Waals surface area contributed by atoms with Crippen molar-refractivity contribution in [2.24, 2.45) is 5.92 Å². The summed E-state index contributed by atoms with van der Waals surface area (Å²) in [6, 6.07) is 13.1. The van der Waals surface area contributed by atoms with Crippen LogP contribution < -0.4 is 4.90 Å². The second-order valence-electron chi connectivity index (χ2n) is 7.22. The molecular weight excluding hydrogens is 327 g/mol. The van der Waals surface area contributed by atoms with Crippen LogP contribution in [0.2, 0.25) is 0 Å². The first-order valence-electron chi connectivity index (χ1n) is 9.16. The third-order valence-corrected chi connectivity index (χ3v) is 5.02. The first-order chi connectivity index (χ1) is 12.6. The Bertz CT molecular complexity index is 749. The summed E-state index contributed by atoms with van der Waals surface area (Å²) < 4.78 is 13.2. The first kappa shape index (κ1) is 18.3. The molecule has 0 N–H and O–H groups in total. The van der Waals surface area contributed by atoms with E-state index in [0.29, 0.717) is 17.5 Å². The highest BCUT2D eigenvalue weighted by atomic mass is 19.1. The Morgan fingerprint density at radius 2 is 1.96 bits per heavy atom. The number of hydrogen-bond acceptors (Lipinski definition) is 4. The molecule has 0 bridgehead atoms. The summed E-state index contributed by atoms with van der Waals surface area (Å²) >= 11 is 0. The molecule has 1 aliphatic heterocycles. The van der Waals surface area contributed by atoms with E-state index < -0.39 is 0 Å². The van der Waals surface area contributed by atoms with Crippen LogP contribution in [0.25, 0.3) is 0 Å².